The Morgan fingerprint density at radius 1 is 1.30 bits per heavy atom. The number of anilines is 1. The van der Waals surface area contributed by atoms with Crippen LogP contribution < -0.4 is 5.73 Å². The number of hydrogen-bond acceptors (Lipinski definition) is 6. The molecule has 0 spiro atoms. The van der Waals surface area contributed by atoms with Gasteiger partial charge in [0.05, 0.1) is 17.0 Å². The lowest BCUT2D eigenvalue weighted by Gasteiger charge is -2.24. The molecule has 4 fully saturated rings. The second-order valence-corrected chi connectivity index (χ2v) is 12.4. The molecule has 1 unspecified atom stereocenters. The first kappa shape index (κ1) is 22.6. The largest absolute Gasteiger partial charge is 0.419 e. The average Bonchev–Trinajstić information content (AvgIpc) is 3.26. The molecular formula is C22H28F3N5O2S. The number of nitrogens with zero attached hydrogens (tertiary/aromatic N) is 4. The number of rotatable bonds is 7. The Balaban J connectivity index is 1.44. The number of aromatic nitrogens is 3. The first-order valence-electron chi connectivity index (χ1n) is 11.1. The van der Waals surface area contributed by atoms with Crippen LogP contribution >= 0.6 is 0 Å². The summed E-state index contributed by atoms with van der Waals surface area (Å²) >= 11 is 0. The molecule has 0 aliphatic heterocycles. The van der Waals surface area contributed by atoms with Crippen LogP contribution in [0.5, 0.6) is 0 Å². The Bertz CT molecular complexity index is 1220. The molecule has 6 rings (SSSR count). The van der Waals surface area contributed by atoms with Gasteiger partial charge in [0.2, 0.25) is 0 Å². The summed E-state index contributed by atoms with van der Waals surface area (Å²) in [4.78, 5) is 5.92. The van der Waals surface area contributed by atoms with Crippen LogP contribution in [0.3, 0.4) is 0 Å². The molecule has 2 heterocycles. The lowest BCUT2D eigenvalue weighted by atomic mass is 9.99. The van der Waals surface area contributed by atoms with Gasteiger partial charge in [0.25, 0.3) is 0 Å². The van der Waals surface area contributed by atoms with E-state index < -0.39 is 27.4 Å². The van der Waals surface area contributed by atoms with Crippen molar-refractivity contribution in [3.63, 3.8) is 0 Å². The van der Waals surface area contributed by atoms with E-state index in [0.29, 0.717) is 41.6 Å². The summed E-state index contributed by atoms with van der Waals surface area (Å²) in [7, 11) is -1.05. The van der Waals surface area contributed by atoms with Gasteiger partial charge in [-0.25, -0.2) is 13.4 Å². The number of fused-ring (bicyclic) bond motifs is 1. The summed E-state index contributed by atoms with van der Waals surface area (Å²) in [5, 5.41) is 4.68. The summed E-state index contributed by atoms with van der Waals surface area (Å²) in [6, 6.07) is 3.30. The molecule has 4 aliphatic rings. The molecule has 0 aromatic carbocycles. The fourth-order valence-corrected chi connectivity index (χ4v) is 6.84. The van der Waals surface area contributed by atoms with Gasteiger partial charge in [0, 0.05) is 47.8 Å². The molecule has 2 N–H and O–H groups in total. The molecule has 33 heavy (non-hydrogen) atoms. The van der Waals surface area contributed by atoms with Crippen molar-refractivity contribution in [2.75, 3.05) is 31.3 Å². The van der Waals surface area contributed by atoms with Gasteiger partial charge >= 0.3 is 6.18 Å². The van der Waals surface area contributed by atoms with Gasteiger partial charge in [-0.2, -0.15) is 18.3 Å². The van der Waals surface area contributed by atoms with Crippen LogP contribution in [-0.4, -0.2) is 59.7 Å². The maximum atomic E-state index is 13.3. The predicted octanol–water partition coefficient (Wildman–Crippen LogP) is 2.99. The predicted molar refractivity (Wildman–Crippen MR) is 118 cm³/mol. The quantitative estimate of drug-likeness (QED) is 0.651. The maximum Gasteiger partial charge on any atom is 0.419 e. The van der Waals surface area contributed by atoms with E-state index in [4.69, 9.17) is 5.73 Å². The topological polar surface area (TPSA) is 94.1 Å². The molecule has 4 aliphatic carbocycles. The van der Waals surface area contributed by atoms with Crippen molar-refractivity contribution in [3.05, 3.63) is 29.6 Å². The van der Waals surface area contributed by atoms with Gasteiger partial charge in [0.15, 0.2) is 0 Å². The van der Waals surface area contributed by atoms with Crippen molar-refractivity contribution in [1.82, 2.24) is 19.7 Å². The fraction of sp³-hybridized carbons (Fsp3) is 0.636. The van der Waals surface area contributed by atoms with E-state index in [0.717, 1.165) is 18.2 Å². The zero-order valence-electron chi connectivity index (χ0n) is 19.0. The molecule has 0 amide bonds. The van der Waals surface area contributed by atoms with Crippen molar-refractivity contribution in [3.8, 4) is 11.3 Å². The van der Waals surface area contributed by atoms with Crippen LogP contribution in [0.25, 0.3) is 11.3 Å². The number of sulfone groups is 1. The van der Waals surface area contributed by atoms with Crippen LogP contribution in [0.2, 0.25) is 0 Å². The number of halogens is 3. The molecule has 5 atom stereocenters. The van der Waals surface area contributed by atoms with Crippen LogP contribution in [0.15, 0.2) is 18.3 Å². The summed E-state index contributed by atoms with van der Waals surface area (Å²) in [5.41, 5.74) is 6.34. The zero-order valence-corrected chi connectivity index (χ0v) is 19.8. The monoisotopic (exact) mass is 483 g/mol. The van der Waals surface area contributed by atoms with E-state index in [-0.39, 0.29) is 17.2 Å². The van der Waals surface area contributed by atoms with Gasteiger partial charge in [-0.1, -0.05) is 0 Å². The van der Waals surface area contributed by atoms with Crippen molar-refractivity contribution in [2.24, 2.45) is 17.8 Å². The number of nitrogen functional groups attached to an aromatic ring is 1. The molecule has 180 valence electrons. The average molecular weight is 484 g/mol. The molecule has 0 radical (unpaired) electrons. The molecule has 7 nitrogen and oxygen atoms in total. The van der Waals surface area contributed by atoms with Gasteiger partial charge in [-0.05, 0) is 57.2 Å². The molecule has 4 saturated carbocycles. The highest BCUT2D eigenvalue weighted by atomic mass is 32.2. The number of hydrogen-bond donors (Lipinski definition) is 1. The van der Waals surface area contributed by atoms with Gasteiger partial charge in [-0.3, -0.25) is 4.68 Å². The van der Waals surface area contributed by atoms with Crippen LogP contribution in [0.4, 0.5) is 19.0 Å². The number of alkyl halides is 3. The molecule has 2 aromatic heterocycles. The zero-order chi connectivity index (χ0) is 24.1. The Labute approximate surface area is 191 Å². The molecule has 2 aromatic rings. The Kier molecular flexibility index (Phi) is 4.76. The number of nitrogens with two attached hydrogens (primary N) is 1. The summed E-state index contributed by atoms with van der Waals surface area (Å²) in [6.45, 7) is 4.52. The highest BCUT2D eigenvalue weighted by Crippen LogP contribution is 2.91. The first-order valence-corrected chi connectivity index (χ1v) is 13.1. The Morgan fingerprint density at radius 3 is 2.58 bits per heavy atom. The van der Waals surface area contributed by atoms with Gasteiger partial charge in [-0.15, -0.1) is 0 Å². The minimum absolute atomic E-state index is 0.00757. The van der Waals surface area contributed by atoms with Crippen LogP contribution in [0, 0.1) is 17.8 Å². The van der Waals surface area contributed by atoms with Gasteiger partial charge in [0.1, 0.15) is 15.7 Å². The van der Waals surface area contributed by atoms with Crippen molar-refractivity contribution in [1.29, 1.82) is 0 Å². The van der Waals surface area contributed by atoms with E-state index in [9.17, 15) is 21.6 Å². The van der Waals surface area contributed by atoms with E-state index >= 15 is 0 Å². The van der Waals surface area contributed by atoms with Crippen LogP contribution in [-0.2, 0) is 21.4 Å². The van der Waals surface area contributed by atoms with E-state index in [1.807, 2.05) is 31.6 Å². The molecule has 2 bridgehead atoms. The standard InChI is InChI=1S/C22H28F3N5O2S/c1-11(2)30-17(9-15(28-30)12-7-14(22(23,24)25)20(26)27-10-12)21-13-8-16(19(21)18(13)21)29(3)5-6-33(4,31)32/h7,9-11,13,16,18-19H,5-6,8H2,1-4H3,(H2,26,27)/t13-,16?,18-,19+,21-/m1/s1. The summed E-state index contributed by atoms with van der Waals surface area (Å²) < 4.78 is 65.1. The second kappa shape index (κ2) is 6.94. The van der Waals surface area contributed by atoms with E-state index in [2.05, 4.69) is 15.0 Å². The first-order chi connectivity index (χ1) is 15.3. The van der Waals surface area contributed by atoms with Crippen molar-refractivity contribution < 1.29 is 21.6 Å². The highest BCUT2D eigenvalue weighted by Gasteiger charge is 2.93. The Morgan fingerprint density at radius 2 is 2.00 bits per heavy atom. The fourth-order valence-electron chi connectivity index (χ4n) is 6.22. The van der Waals surface area contributed by atoms with E-state index in [1.54, 1.807) is 0 Å². The third-order valence-electron chi connectivity index (χ3n) is 7.80. The minimum Gasteiger partial charge on any atom is -0.383 e. The smallest absolute Gasteiger partial charge is 0.383 e. The third-order valence-corrected chi connectivity index (χ3v) is 8.72. The third kappa shape index (κ3) is 3.38. The summed E-state index contributed by atoms with van der Waals surface area (Å²) in [6.07, 6.45) is -0.986. The number of pyridine rings is 1. The summed E-state index contributed by atoms with van der Waals surface area (Å²) in [5.74, 6) is 1.08. The molecule has 11 heteroatoms. The Hall–Kier alpha value is -2.14. The van der Waals surface area contributed by atoms with Crippen LogP contribution in [0.1, 0.15) is 37.6 Å². The normalized spacial score (nSPS) is 30.2. The van der Waals surface area contributed by atoms with E-state index in [1.165, 1.54) is 12.5 Å². The molecule has 0 saturated heterocycles. The second-order valence-electron chi connectivity index (χ2n) is 10.1. The lowest BCUT2D eigenvalue weighted by Crippen LogP contribution is -2.35. The SMILES string of the molecule is CC(C)n1nc(-c2cnc(N)c(C(F)(F)F)c2)cc1[C@@]12[C@@H]3[C@H]1CC(N(C)CCS(C)(=O)=O)[C@@H]32. The minimum atomic E-state index is -4.59. The lowest BCUT2D eigenvalue weighted by molar-refractivity contribution is -0.137. The maximum absolute atomic E-state index is 13.3. The highest BCUT2D eigenvalue weighted by molar-refractivity contribution is 7.90. The van der Waals surface area contributed by atoms with Crippen molar-refractivity contribution in [2.45, 2.75) is 43.9 Å². The van der Waals surface area contributed by atoms with Crippen molar-refractivity contribution >= 4 is 15.7 Å². The van der Waals surface area contributed by atoms with Gasteiger partial charge < -0.3 is 10.6 Å². The molecular weight excluding hydrogens is 455 g/mol.